The van der Waals surface area contributed by atoms with E-state index in [1.54, 1.807) is 18.5 Å². The Kier molecular flexibility index (Phi) is 4.45. The van der Waals surface area contributed by atoms with E-state index in [0.29, 0.717) is 11.6 Å². The van der Waals surface area contributed by atoms with Gasteiger partial charge < -0.3 is 20.3 Å². The highest BCUT2D eigenvalue weighted by Crippen LogP contribution is 2.26. The molecule has 1 aromatic heterocycles. The van der Waals surface area contributed by atoms with Gasteiger partial charge in [-0.1, -0.05) is 0 Å². The van der Waals surface area contributed by atoms with E-state index in [9.17, 15) is 10.1 Å². The van der Waals surface area contributed by atoms with E-state index in [1.807, 2.05) is 19.0 Å². The van der Waals surface area contributed by atoms with Crippen molar-refractivity contribution in [2.24, 2.45) is 7.05 Å². The molecular weight excluding hydrogens is 222 g/mol. The molecule has 0 radical (unpaired) electrons. The summed E-state index contributed by atoms with van der Waals surface area (Å²) < 4.78 is 1.75. The predicted octanol–water partition coefficient (Wildman–Crippen LogP) is 0.682. The Hall–Kier alpha value is -1.63. The lowest BCUT2D eigenvalue weighted by Gasteiger charge is -2.18. The Balaban J connectivity index is 2.91. The monoisotopic (exact) mass is 241 g/mol. The first-order valence-electron chi connectivity index (χ1n) is 5.52. The minimum atomic E-state index is -0.434. The van der Waals surface area contributed by atoms with Gasteiger partial charge in [0.2, 0.25) is 11.6 Å². The van der Waals surface area contributed by atoms with E-state index in [4.69, 9.17) is 0 Å². The van der Waals surface area contributed by atoms with Crippen LogP contribution in [0.1, 0.15) is 12.2 Å². The van der Waals surface area contributed by atoms with E-state index in [1.165, 1.54) is 0 Å². The van der Waals surface area contributed by atoms with E-state index in [2.05, 4.69) is 10.3 Å². The smallest absolute Gasteiger partial charge is 0.358 e. The molecule has 1 aromatic rings. The van der Waals surface area contributed by atoms with Crippen LogP contribution in [0.3, 0.4) is 0 Å². The van der Waals surface area contributed by atoms with Gasteiger partial charge in [0.1, 0.15) is 0 Å². The Morgan fingerprint density at radius 3 is 2.76 bits per heavy atom. The van der Waals surface area contributed by atoms with Crippen molar-refractivity contribution in [3.05, 3.63) is 15.9 Å². The molecule has 1 rings (SSSR count). The molecule has 0 aliphatic carbocycles. The number of nitrogens with one attached hydrogen (secondary N) is 1. The normalized spacial score (nSPS) is 10.6. The van der Waals surface area contributed by atoms with Crippen molar-refractivity contribution in [3.63, 3.8) is 0 Å². The van der Waals surface area contributed by atoms with Crippen molar-refractivity contribution in [1.29, 1.82) is 0 Å². The predicted molar refractivity (Wildman–Crippen MR) is 66.4 cm³/mol. The second kappa shape index (κ2) is 5.62. The minimum absolute atomic E-state index is 0.0723. The average Bonchev–Trinajstić information content (AvgIpc) is 2.56. The van der Waals surface area contributed by atoms with Crippen molar-refractivity contribution >= 4 is 11.6 Å². The summed E-state index contributed by atoms with van der Waals surface area (Å²) in [7, 11) is 5.52. The van der Waals surface area contributed by atoms with Gasteiger partial charge in [-0.2, -0.15) is 0 Å². The molecule has 0 aliphatic heterocycles. The molecule has 0 aliphatic rings. The summed E-state index contributed by atoms with van der Waals surface area (Å²) in [4.78, 5) is 16.3. The lowest BCUT2D eigenvalue weighted by atomic mass is 10.4. The quantitative estimate of drug-likeness (QED) is 0.450. The Labute approximate surface area is 101 Å². The first-order valence-corrected chi connectivity index (χ1v) is 5.52. The molecule has 0 bridgehead atoms. The van der Waals surface area contributed by atoms with Crippen LogP contribution in [0.5, 0.6) is 0 Å². The zero-order chi connectivity index (χ0) is 13.0. The first-order chi connectivity index (χ1) is 7.99. The standard InChI is InChI=1S/C10H19N5O2/c1-8-12-9(15(16)17)10(14(8)4)13(3)7-5-6-11-2/h11H,5-7H2,1-4H3. The SMILES string of the molecule is CNCCCN(C)c1c([N+](=O)[O-])nc(C)n1C. The average molecular weight is 241 g/mol. The van der Waals surface area contributed by atoms with Gasteiger partial charge in [0.15, 0.2) is 0 Å². The molecule has 0 atom stereocenters. The summed E-state index contributed by atoms with van der Waals surface area (Å²) in [5.41, 5.74) is 0. The number of aromatic nitrogens is 2. The van der Waals surface area contributed by atoms with Crippen LogP contribution in [-0.2, 0) is 7.05 Å². The van der Waals surface area contributed by atoms with Gasteiger partial charge in [-0.25, -0.2) is 0 Å². The Morgan fingerprint density at radius 1 is 1.59 bits per heavy atom. The van der Waals surface area contributed by atoms with Gasteiger partial charge in [-0.15, -0.1) is 0 Å². The van der Waals surface area contributed by atoms with Gasteiger partial charge in [-0.05, 0) is 29.9 Å². The number of hydrogen-bond donors (Lipinski definition) is 1. The highest BCUT2D eigenvalue weighted by atomic mass is 16.6. The second-order valence-corrected chi connectivity index (χ2v) is 4.00. The first kappa shape index (κ1) is 13.4. The summed E-state index contributed by atoms with van der Waals surface area (Å²) in [6, 6.07) is 0. The molecular formula is C10H19N5O2. The summed E-state index contributed by atoms with van der Waals surface area (Å²) in [6.07, 6.45) is 0.925. The molecule has 7 heteroatoms. The van der Waals surface area contributed by atoms with Crippen molar-refractivity contribution in [1.82, 2.24) is 14.9 Å². The Morgan fingerprint density at radius 2 is 2.24 bits per heavy atom. The summed E-state index contributed by atoms with van der Waals surface area (Å²) in [5, 5.41) is 14.0. The molecule has 17 heavy (non-hydrogen) atoms. The fraction of sp³-hybridized carbons (Fsp3) is 0.700. The maximum Gasteiger partial charge on any atom is 0.406 e. The number of nitro groups is 1. The number of aryl methyl sites for hydroxylation is 1. The zero-order valence-electron chi connectivity index (χ0n) is 10.7. The summed E-state index contributed by atoms with van der Waals surface area (Å²) in [6.45, 7) is 3.40. The van der Waals surface area contributed by atoms with Crippen LogP contribution in [0.2, 0.25) is 0 Å². The largest absolute Gasteiger partial charge is 0.406 e. The van der Waals surface area contributed by atoms with Gasteiger partial charge in [0, 0.05) is 27.6 Å². The van der Waals surface area contributed by atoms with Crippen molar-refractivity contribution in [2.75, 3.05) is 32.1 Å². The molecule has 0 aromatic carbocycles. The van der Waals surface area contributed by atoms with Crippen molar-refractivity contribution in [3.8, 4) is 0 Å². The zero-order valence-corrected chi connectivity index (χ0v) is 10.7. The number of hydrogen-bond acceptors (Lipinski definition) is 5. The number of anilines is 1. The lowest BCUT2D eigenvalue weighted by molar-refractivity contribution is -0.388. The lowest BCUT2D eigenvalue weighted by Crippen LogP contribution is -2.24. The van der Waals surface area contributed by atoms with Crippen LogP contribution >= 0.6 is 0 Å². The molecule has 1 heterocycles. The number of rotatable bonds is 6. The molecule has 0 fully saturated rings. The second-order valence-electron chi connectivity index (χ2n) is 4.00. The molecule has 1 N–H and O–H groups in total. The van der Waals surface area contributed by atoms with Crippen LogP contribution in [-0.4, -0.2) is 41.7 Å². The molecule has 7 nitrogen and oxygen atoms in total. The summed E-state index contributed by atoms with van der Waals surface area (Å²) in [5.74, 6) is 1.13. The van der Waals surface area contributed by atoms with Gasteiger partial charge in [-0.3, -0.25) is 4.57 Å². The number of nitrogens with zero attached hydrogens (tertiary/aromatic N) is 4. The van der Waals surface area contributed by atoms with Crippen LogP contribution in [0.15, 0.2) is 0 Å². The van der Waals surface area contributed by atoms with Gasteiger partial charge >= 0.3 is 5.82 Å². The Bertz CT molecular complexity index is 402. The maximum atomic E-state index is 10.9. The van der Waals surface area contributed by atoms with E-state index in [0.717, 1.165) is 19.5 Å². The fourth-order valence-electron chi connectivity index (χ4n) is 1.73. The van der Waals surface area contributed by atoms with Gasteiger partial charge in [0.05, 0.1) is 0 Å². The van der Waals surface area contributed by atoms with Crippen molar-refractivity contribution in [2.45, 2.75) is 13.3 Å². The minimum Gasteiger partial charge on any atom is -0.358 e. The molecule has 96 valence electrons. The number of imidazole rings is 1. The van der Waals surface area contributed by atoms with Crippen molar-refractivity contribution < 1.29 is 4.92 Å². The van der Waals surface area contributed by atoms with Crippen LogP contribution in [0.4, 0.5) is 11.6 Å². The van der Waals surface area contributed by atoms with Crippen LogP contribution in [0.25, 0.3) is 0 Å². The third-order valence-electron chi connectivity index (χ3n) is 2.73. The highest BCUT2D eigenvalue weighted by Gasteiger charge is 2.26. The third-order valence-corrected chi connectivity index (χ3v) is 2.73. The topological polar surface area (TPSA) is 76.2 Å². The molecule has 0 saturated heterocycles. The molecule has 0 unspecified atom stereocenters. The third kappa shape index (κ3) is 2.94. The van der Waals surface area contributed by atoms with Gasteiger partial charge in [0.25, 0.3) is 0 Å². The molecule has 0 saturated carbocycles. The van der Waals surface area contributed by atoms with E-state index in [-0.39, 0.29) is 5.82 Å². The maximum absolute atomic E-state index is 10.9. The molecule has 0 amide bonds. The van der Waals surface area contributed by atoms with Crippen LogP contribution in [0, 0.1) is 17.0 Å². The highest BCUT2D eigenvalue weighted by molar-refractivity contribution is 5.55. The summed E-state index contributed by atoms with van der Waals surface area (Å²) >= 11 is 0. The van der Waals surface area contributed by atoms with E-state index < -0.39 is 4.92 Å². The fourth-order valence-corrected chi connectivity index (χ4v) is 1.73. The molecule has 0 spiro atoms. The van der Waals surface area contributed by atoms with E-state index >= 15 is 0 Å². The van der Waals surface area contributed by atoms with Crippen LogP contribution < -0.4 is 10.2 Å².